The third-order valence-electron chi connectivity index (χ3n) is 3.74. The third kappa shape index (κ3) is 4.72. The molecule has 0 radical (unpaired) electrons. The van der Waals surface area contributed by atoms with E-state index in [9.17, 15) is 18.4 Å². The van der Waals surface area contributed by atoms with Crippen molar-refractivity contribution < 1.29 is 13.6 Å². The molecule has 3 aromatic rings. The van der Waals surface area contributed by atoms with E-state index in [1.54, 1.807) is 10.6 Å². The van der Waals surface area contributed by atoms with E-state index in [0.717, 1.165) is 42.8 Å². The number of hydrogen-bond donors (Lipinski definition) is 1. The summed E-state index contributed by atoms with van der Waals surface area (Å²) in [6, 6.07) is 4.58. The molecule has 0 bridgehead atoms. The highest BCUT2D eigenvalue weighted by molar-refractivity contribution is 7.99. The highest BCUT2D eigenvalue weighted by Gasteiger charge is 2.14. The SMILES string of the molecule is CCCCn1c(SCC(=O)Nc2cc(F)cc(F)c2)nc2ccsc2c1=O. The van der Waals surface area contributed by atoms with Crippen molar-refractivity contribution in [3.8, 4) is 0 Å². The summed E-state index contributed by atoms with van der Waals surface area (Å²) < 4.78 is 28.6. The molecule has 0 fully saturated rings. The van der Waals surface area contributed by atoms with Crippen molar-refractivity contribution in [3.05, 3.63) is 51.6 Å². The van der Waals surface area contributed by atoms with Gasteiger partial charge >= 0.3 is 0 Å². The van der Waals surface area contributed by atoms with Crippen molar-refractivity contribution in [1.82, 2.24) is 9.55 Å². The van der Waals surface area contributed by atoms with Crippen LogP contribution in [0.5, 0.6) is 0 Å². The van der Waals surface area contributed by atoms with Crippen molar-refractivity contribution >= 4 is 44.9 Å². The Morgan fingerprint density at radius 2 is 2.04 bits per heavy atom. The Balaban J connectivity index is 1.77. The number of thioether (sulfide) groups is 1. The van der Waals surface area contributed by atoms with E-state index < -0.39 is 17.5 Å². The van der Waals surface area contributed by atoms with Crippen LogP contribution >= 0.6 is 23.1 Å². The Labute approximate surface area is 162 Å². The summed E-state index contributed by atoms with van der Waals surface area (Å²) in [5, 5.41) is 4.72. The molecule has 0 aliphatic rings. The number of thiophene rings is 1. The van der Waals surface area contributed by atoms with Crippen LogP contribution in [0.4, 0.5) is 14.5 Å². The normalized spacial score (nSPS) is 11.1. The van der Waals surface area contributed by atoms with Gasteiger partial charge in [0.05, 0.1) is 11.3 Å². The van der Waals surface area contributed by atoms with Gasteiger partial charge in [0.1, 0.15) is 16.3 Å². The average Bonchev–Trinajstić information content (AvgIpc) is 3.07. The minimum atomic E-state index is -0.768. The van der Waals surface area contributed by atoms with E-state index in [1.807, 2.05) is 12.3 Å². The number of carbonyl (C=O) groups excluding carboxylic acids is 1. The summed E-state index contributed by atoms with van der Waals surface area (Å²) in [6.07, 6.45) is 1.74. The first kappa shape index (κ1) is 19.5. The van der Waals surface area contributed by atoms with E-state index in [0.29, 0.717) is 21.9 Å². The average molecular weight is 409 g/mol. The lowest BCUT2D eigenvalue weighted by molar-refractivity contribution is -0.113. The van der Waals surface area contributed by atoms with Gasteiger partial charge in [0.2, 0.25) is 5.91 Å². The van der Waals surface area contributed by atoms with Gasteiger partial charge < -0.3 is 5.32 Å². The molecule has 0 unspecified atom stereocenters. The van der Waals surface area contributed by atoms with Crippen LogP contribution in [-0.4, -0.2) is 21.2 Å². The molecule has 0 aliphatic carbocycles. The third-order valence-corrected chi connectivity index (χ3v) is 5.61. The van der Waals surface area contributed by atoms with Crippen LogP contribution < -0.4 is 10.9 Å². The zero-order chi connectivity index (χ0) is 19.4. The van der Waals surface area contributed by atoms with E-state index in [-0.39, 0.29) is 17.0 Å². The van der Waals surface area contributed by atoms with Gasteiger partial charge in [0.25, 0.3) is 5.56 Å². The molecule has 27 heavy (non-hydrogen) atoms. The molecule has 0 spiro atoms. The maximum Gasteiger partial charge on any atom is 0.272 e. The van der Waals surface area contributed by atoms with Crippen LogP contribution in [0.15, 0.2) is 39.6 Å². The second-order valence-electron chi connectivity index (χ2n) is 5.83. The summed E-state index contributed by atoms with van der Waals surface area (Å²) in [7, 11) is 0. The Morgan fingerprint density at radius 1 is 1.30 bits per heavy atom. The van der Waals surface area contributed by atoms with Gasteiger partial charge in [-0.05, 0) is 30.0 Å². The Kier molecular flexibility index (Phi) is 6.22. The van der Waals surface area contributed by atoms with Gasteiger partial charge in [-0.2, -0.15) is 0 Å². The monoisotopic (exact) mass is 409 g/mol. The Bertz CT molecular complexity index is 1010. The van der Waals surface area contributed by atoms with Crippen LogP contribution in [0.2, 0.25) is 0 Å². The molecule has 9 heteroatoms. The molecule has 0 aliphatic heterocycles. The fourth-order valence-corrected chi connectivity index (χ4v) is 4.10. The maximum absolute atomic E-state index is 13.2. The number of fused-ring (bicyclic) bond motifs is 1. The van der Waals surface area contributed by atoms with Crippen LogP contribution in [0.25, 0.3) is 10.2 Å². The number of rotatable bonds is 7. The zero-order valence-corrected chi connectivity index (χ0v) is 16.1. The van der Waals surface area contributed by atoms with E-state index in [2.05, 4.69) is 10.3 Å². The molecular weight excluding hydrogens is 392 g/mol. The fraction of sp³-hybridized carbons (Fsp3) is 0.278. The minimum Gasteiger partial charge on any atom is -0.325 e. The fourth-order valence-electron chi connectivity index (χ4n) is 2.50. The first-order valence-electron chi connectivity index (χ1n) is 8.34. The van der Waals surface area contributed by atoms with Crippen LogP contribution in [0, 0.1) is 11.6 Å². The van der Waals surface area contributed by atoms with Crippen LogP contribution in [-0.2, 0) is 11.3 Å². The second-order valence-corrected chi connectivity index (χ2v) is 7.69. The van der Waals surface area contributed by atoms with Crippen molar-refractivity contribution in [3.63, 3.8) is 0 Å². The summed E-state index contributed by atoms with van der Waals surface area (Å²) in [5.74, 6) is -2.01. The standard InChI is InChI=1S/C18H17F2N3O2S2/c1-2-3-5-23-17(25)16-14(4-6-26-16)22-18(23)27-10-15(24)21-13-8-11(19)7-12(20)9-13/h4,6-9H,2-3,5,10H2,1H3,(H,21,24). The van der Waals surface area contributed by atoms with Crippen molar-refractivity contribution in [1.29, 1.82) is 0 Å². The predicted molar refractivity (Wildman–Crippen MR) is 104 cm³/mol. The molecule has 1 amide bonds. The number of hydrogen-bond acceptors (Lipinski definition) is 5. The van der Waals surface area contributed by atoms with Gasteiger partial charge in [-0.1, -0.05) is 25.1 Å². The molecule has 142 valence electrons. The van der Waals surface area contributed by atoms with Crippen molar-refractivity contribution in [2.45, 2.75) is 31.5 Å². The quantitative estimate of drug-likeness (QED) is 0.468. The number of amides is 1. The summed E-state index contributed by atoms with van der Waals surface area (Å²) in [6.45, 7) is 2.55. The number of anilines is 1. The molecule has 3 rings (SSSR count). The van der Waals surface area contributed by atoms with Gasteiger partial charge in [0.15, 0.2) is 5.16 Å². The minimum absolute atomic E-state index is 0.0354. The number of carbonyl (C=O) groups is 1. The van der Waals surface area contributed by atoms with Crippen LogP contribution in [0.3, 0.4) is 0 Å². The Morgan fingerprint density at radius 3 is 2.74 bits per heavy atom. The molecule has 1 aromatic carbocycles. The largest absolute Gasteiger partial charge is 0.325 e. The van der Waals surface area contributed by atoms with E-state index in [4.69, 9.17) is 0 Å². The molecule has 1 N–H and O–H groups in total. The molecule has 2 heterocycles. The first-order valence-corrected chi connectivity index (χ1v) is 10.2. The van der Waals surface area contributed by atoms with Gasteiger partial charge in [0, 0.05) is 18.3 Å². The van der Waals surface area contributed by atoms with Crippen molar-refractivity contribution in [2.24, 2.45) is 0 Å². The maximum atomic E-state index is 13.2. The number of halogens is 2. The van der Waals surface area contributed by atoms with Crippen LogP contribution in [0.1, 0.15) is 19.8 Å². The van der Waals surface area contributed by atoms with Crippen molar-refractivity contribution in [2.75, 3.05) is 11.1 Å². The topological polar surface area (TPSA) is 64.0 Å². The first-order chi connectivity index (χ1) is 13.0. The predicted octanol–water partition coefficient (Wildman–Crippen LogP) is 4.27. The summed E-state index contributed by atoms with van der Waals surface area (Å²) in [5.41, 5.74) is 0.536. The highest BCUT2D eigenvalue weighted by Crippen LogP contribution is 2.22. The molecule has 2 aromatic heterocycles. The summed E-state index contributed by atoms with van der Waals surface area (Å²) in [4.78, 5) is 29.3. The van der Waals surface area contributed by atoms with E-state index >= 15 is 0 Å². The second kappa shape index (κ2) is 8.62. The molecule has 0 saturated heterocycles. The van der Waals surface area contributed by atoms with Gasteiger partial charge in [-0.25, -0.2) is 13.8 Å². The number of nitrogens with one attached hydrogen (secondary N) is 1. The number of aromatic nitrogens is 2. The molecule has 0 saturated carbocycles. The molecular formula is C18H17F2N3O2S2. The number of unbranched alkanes of at least 4 members (excludes halogenated alkanes) is 1. The zero-order valence-electron chi connectivity index (χ0n) is 14.5. The smallest absolute Gasteiger partial charge is 0.272 e. The number of nitrogens with zero attached hydrogens (tertiary/aromatic N) is 2. The summed E-state index contributed by atoms with van der Waals surface area (Å²) >= 11 is 2.47. The lowest BCUT2D eigenvalue weighted by Gasteiger charge is -2.11. The lowest BCUT2D eigenvalue weighted by atomic mass is 10.3. The van der Waals surface area contributed by atoms with Gasteiger partial charge in [-0.15, -0.1) is 11.3 Å². The molecule has 0 atom stereocenters. The Hall–Kier alpha value is -2.26. The lowest BCUT2D eigenvalue weighted by Crippen LogP contribution is -2.23. The molecule has 5 nitrogen and oxygen atoms in total. The van der Waals surface area contributed by atoms with E-state index in [1.165, 1.54) is 11.3 Å². The number of benzene rings is 1. The highest BCUT2D eigenvalue weighted by atomic mass is 32.2. The van der Waals surface area contributed by atoms with Gasteiger partial charge in [-0.3, -0.25) is 14.2 Å².